The third-order valence-corrected chi connectivity index (χ3v) is 3.14. The Hall–Kier alpha value is -0.820. The van der Waals surface area contributed by atoms with E-state index in [-0.39, 0.29) is 0 Å². The molecule has 0 radical (unpaired) electrons. The van der Waals surface area contributed by atoms with E-state index >= 15 is 0 Å². The molecule has 0 amide bonds. The van der Waals surface area contributed by atoms with E-state index < -0.39 is 0 Å². The van der Waals surface area contributed by atoms with Crippen molar-refractivity contribution in [1.29, 1.82) is 0 Å². The van der Waals surface area contributed by atoms with Crippen molar-refractivity contribution < 1.29 is 0 Å². The molecule has 1 nitrogen and oxygen atoms in total. The SMILES string of the molecule is CCc1ccc(C2(NC)CC2)cc1. The Morgan fingerprint density at radius 1 is 1.23 bits per heavy atom. The van der Waals surface area contributed by atoms with Crippen LogP contribution >= 0.6 is 0 Å². The molecule has 0 saturated heterocycles. The predicted octanol–water partition coefficient (Wildman–Crippen LogP) is 2.46. The summed E-state index contributed by atoms with van der Waals surface area (Å²) in [5.41, 5.74) is 3.20. The van der Waals surface area contributed by atoms with Crippen LogP contribution in [0, 0.1) is 0 Å². The first-order chi connectivity index (χ1) is 6.30. The van der Waals surface area contributed by atoms with Crippen LogP contribution in [0.5, 0.6) is 0 Å². The highest BCUT2D eigenvalue weighted by Crippen LogP contribution is 2.44. The molecule has 0 atom stereocenters. The molecule has 0 unspecified atom stereocenters. The zero-order valence-electron chi connectivity index (χ0n) is 8.43. The number of nitrogens with one attached hydrogen (secondary N) is 1. The molecule has 0 aromatic heterocycles. The molecule has 2 rings (SSSR count). The Morgan fingerprint density at radius 3 is 2.23 bits per heavy atom. The van der Waals surface area contributed by atoms with Crippen LogP contribution in [0.25, 0.3) is 0 Å². The van der Waals surface area contributed by atoms with Gasteiger partial charge in [0.2, 0.25) is 0 Å². The summed E-state index contributed by atoms with van der Waals surface area (Å²) in [6.07, 6.45) is 3.71. The number of hydrogen-bond donors (Lipinski definition) is 1. The van der Waals surface area contributed by atoms with Crippen molar-refractivity contribution in [3.8, 4) is 0 Å². The van der Waals surface area contributed by atoms with Gasteiger partial charge in [-0.1, -0.05) is 31.2 Å². The molecule has 0 spiro atoms. The van der Waals surface area contributed by atoms with Gasteiger partial charge in [0.05, 0.1) is 0 Å². The standard InChI is InChI=1S/C12H17N/c1-3-10-4-6-11(7-5-10)12(13-2)8-9-12/h4-7,13H,3,8-9H2,1-2H3. The van der Waals surface area contributed by atoms with E-state index in [0.717, 1.165) is 6.42 Å². The Labute approximate surface area is 80.2 Å². The van der Waals surface area contributed by atoms with Crippen molar-refractivity contribution in [2.24, 2.45) is 0 Å². The van der Waals surface area contributed by atoms with Crippen LogP contribution in [0.1, 0.15) is 30.9 Å². The Bertz CT molecular complexity index is 282. The highest BCUT2D eigenvalue weighted by molar-refractivity contribution is 5.32. The maximum Gasteiger partial charge on any atom is 0.0433 e. The highest BCUT2D eigenvalue weighted by Gasteiger charge is 2.42. The van der Waals surface area contributed by atoms with Gasteiger partial charge in [0.25, 0.3) is 0 Å². The van der Waals surface area contributed by atoms with E-state index in [0.29, 0.717) is 5.54 Å². The average molecular weight is 175 g/mol. The third-order valence-electron chi connectivity index (χ3n) is 3.14. The van der Waals surface area contributed by atoms with E-state index in [2.05, 4.69) is 43.6 Å². The fraction of sp³-hybridized carbons (Fsp3) is 0.500. The smallest absolute Gasteiger partial charge is 0.0433 e. The summed E-state index contributed by atoms with van der Waals surface area (Å²) < 4.78 is 0. The second-order valence-electron chi connectivity index (χ2n) is 3.88. The largest absolute Gasteiger partial charge is 0.310 e. The summed E-state index contributed by atoms with van der Waals surface area (Å²) in [7, 11) is 2.06. The fourth-order valence-electron chi connectivity index (χ4n) is 1.87. The lowest BCUT2D eigenvalue weighted by molar-refractivity contribution is 0.585. The number of aryl methyl sites for hydroxylation is 1. The molecule has 1 aromatic carbocycles. The van der Waals surface area contributed by atoms with E-state index in [1.165, 1.54) is 24.0 Å². The second kappa shape index (κ2) is 3.15. The Balaban J connectivity index is 2.23. The van der Waals surface area contributed by atoms with Crippen molar-refractivity contribution in [2.75, 3.05) is 7.05 Å². The lowest BCUT2D eigenvalue weighted by Crippen LogP contribution is -2.24. The molecule has 0 aliphatic heterocycles. The van der Waals surface area contributed by atoms with Crippen LogP contribution in [0.15, 0.2) is 24.3 Å². The van der Waals surface area contributed by atoms with Gasteiger partial charge >= 0.3 is 0 Å². The minimum atomic E-state index is 0.326. The topological polar surface area (TPSA) is 12.0 Å². The first kappa shape index (κ1) is 8.76. The van der Waals surface area contributed by atoms with Crippen molar-refractivity contribution in [3.63, 3.8) is 0 Å². The van der Waals surface area contributed by atoms with Crippen LogP contribution in [0.2, 0.25) is 0 Å². The number of benzene rings is 1. The summed E-state index contributed by atoms with van der Waals surface area (Å²) in [4.78, 5) is 0. The number of rotatable bonds is 3. The summed E-state index contributed by atoms with van der Waals surface area (Å²) in [5.74, 6) is 0. The van der Waals surface area contributed by atoms with Crippen molar-refractivity contribution >= 4 is 0 Å². The summed E-state index contributed by atoms with van der Waals surface area (Å²) >= 11 is 0. The number of hydrogen-bond acceptors (Lipinski definition) is 1. The molecular weight excluding hydrogens is 158 g/mol. The van der Waals surface area contributed by atoms with Gasteiger partial charge in [-0.2, -0.15) is 0 Å². The normalized spacial score (nSPS) is 18.6. The van der Waals surface area contributed by atoms with Crippen LogP contribution in [0.3, 0.4) is 0 Å². The van der Waals surface area contributed by atoms with Gasteiger partial charge in [-0.25, -0.2) is 0 Å². The summed E-state index contributed by atoms with van der Waals surface area (Å²) in [6.45, 7) is 2.19. The van der Waals surface area contributed by atoms with Gasteiger partial charge < -0.3 is 5.32 Å². The van der Waals surface area contributed by atoms with Crippen molar-refractivity contribution in [2.45, 2.75) is 31.7 Å². The summed E-state index contributed by atoms with van der Waals surface area (Å²) in [5, 5.41) is 3.41. The first-order valence-electron chi connectivity index (χ1n) is 5.09. The van der Waals surface area contributed by atoms with Gasteiger partial charge in [-0.05, 0) is 37.4 Å². The third kappa shape index (κ3) is 1.49. The molecule has 1 heteroatoms. The van der Waals surface area contributed by atoms with Gasteiger partial charge in [0.15, 0.2) is 0 Å². The first-order valence-corrected chi connectivity index (χ1v) is 5.09. The van der Waals surface area contributed by atoms with Gasteiger partial charge in [0, 0.05) is 5.54 Å². The molecule has 70 valence electrons. The lowest BCUT2D eigenvalue weighted by atomic mass is 10.0. The van der Waals surface area contributed by atoms with E-state index in [4.69, 9.17) is 0 Å². The fourth-order valence-corrected chi connectivity index (χ4v) is 1.87. The van der Waals surface area contributed by atoms with Crippen LogP contribution in [-0.2, 0) is 12.0 Å². The lowest BCUT2D eigenvalue weighted by Gasteiger charge is -2.14. The average Bonchev–Trinajstić information content (AvgIpc) is 2.99. The zero-order valence-corrected chi connectivity index (χ0v) is 8.43. The second-order valence-corrected chi connectivity index (χ2v) is 3.88. The van der Waals surface area contributed by atoms with Gasteiger partial charge in [-0.3, -0.25) is 0 Å². The highest BCUT2D eigenvalue weighted by atomic mass is 15.0. The molecule has 1 fully saturated rings. The monoisotopic (exact) mass is 175 g/mol. The molecule has 1 aliphatic rings. The predicted molar refractivity (Wildman–Crippen MR) is 55.8 cm³/mol. The van der Waals surface area contributed by atoms with Crippen LogP contribution < -0.4 is 5.32 Å². The van der Waals surface area contributed by atoms with Crippen LogP contribution in [-0.4, -0.2) is 7.05 Å². The van der Waals surface area contributed by atoms with E-state index in [1.54, 1.807) is 0 Å². The quantitative estimate of drug-likeness (QED) is 0.744. The molecule has 13 heavy (non-hydrogen) atoms. The molecule has 1 aliphatic carbocycles. The zero-order chi connectivity index (χ0) is 9.31. The van der Waals surface area contributed by atoms with Crippen molar-refractivity contribution in [1.82, 2.24) is 5.32 Å². The molecule has 0 heterocycles. The molecule has 0 bridgehead atoms. The molecule has 1 saturated carbocycles. The van der Waals surface area contributed by atoms with Crippen LogP contribution in [0.4, 0.5) is 0 Å². The Morgan fingerprint density at radius 2 is 1.85 bits per heavy atom. The summed E-state index contributed by atoms with van der Waals surface area (Å²) in [6, 6.07) is 9.02. The minimum Gasteiger partial charge on any atom is -0.310 e. The van der Waals surface area contributed by atoms with E-state index in [9.17, 15) is 0 Å². The van der Waals surface area contributed by atoms with Gasteiger partial charge in [0.1, 0.15) is 0 Å². The van der Waals surface area contributed by atoms with Crippen molar-refractivity contribution in [3.05, 3.63) is 35.4 Å². The maximum atomic E-state index is 3.41. The van der Waals surface area contributed by atoms with Gasteiger partial charge in [-0.15, -0.1) is 0 Å². The molecule has 1 N–H and O–H groups in total. The van der Waals surface area contributed by atoms with E-state index in [1.807, 2.05) is 0 Å². The molecular formula is C12H17N. The Kier molecular flexibility index (Phi) is 2.12. The maximum absolute atomic E-state index is 3.41. The minimum absolute atomic E-state index is 0.326. The molecule has 1 aromatic rings.